The third-order valence-electron chi connectivity index (χ3n) is 1.84. The number of carbonyl (C=O) groups excluding carboxylic acids is 1. The number of H-pyrrole nitrogens is 1. The fourth-order valence-electron chi connectivity index (χ4n) is 1.18. The summed E-state index contributed by atoms with van der Waals surface area (Å²) in [6, 6.07) is 8.39. The summed E-state index contributed by atoms with van der Waals surface area (Å²) in [5.41, 5.74) is 5.53. The molecule has 3 N–H and O–H groups in total. The largest absolute Gasteiger partial charge is 0.437 e. The van der Waals surface area contributed by atoms with Gasteiger partial charge in [0, 0.05) is 12.3 Å². The first kappa shape index (κ1) is 9.26. The third-order valence-corrected chi connectivity index (χ3v) is 1.84. The van der Waals surface area contributed by atoms with Crippen LogP contribution in [0.25, 0.3) is 0 Å². The van der Waals surface area contributed by atoms with Crippen LogP contribution in [-0.4, -0.2) is 16.1 Å². The van der Waals surface area contributed by atoms with Crippen molar-refractivity contribution >= 4 is 5.91 Å². The number of hydrogen-bond acceptors (Lipinski definition) is 3. The number of benzene rings is 1. The van der Waals surface area contributed by atoms with Crippen molar-refractivity contribution in [2.24, 2.45) is 5.73 Å². The lowest BCUT2D eigenvalue weighted by Crippen LogP contribution is -2.11. The minimum Gasteiger partial charge on any atom is -0.437 e. The van der Waals surface area contributed by atoms with Gasteiger partial charge in [0.1, 0.15) is 5.75 Å². The number of primary amides is 1. The highest BCUT2D eigenvalue weighted by Gasteiger charge is 2.09. The maximum atomic E-state index is 11.1. The molecule has 1 aromatic heterocycles. The van der Waals surface area contributed by atoms with Crippen LogP contribution in [0, 0.1) is 0 Å². The average Bonchev–Trinajstić information content (AvgIpc) is 2.71. The van der Waals surface area contributed by atoms with Gasteiger partial charge in [-0.2, -0.15) is 0 Å². The highest BCUT2D eigenvalue weighted by atomic mass is 16.5. The number of para-hydroxylation sites is 1. The number of amides is 1. The maximum absolute atomic E-state index is 11.1. The van der Waals surface area contributed by atoms with E-state index in [2.05, 4.69) is 10.2 Å². The lowest BCUT2D eigenvalue weighted by Gasteiger charge is -2.05. The molecule has 0 aliphatic heterocycles. The van der Waals surface area contributed by atoms with Crippen molar-refractivity contribution in [3.05, 3.63) is 42.1 Å². The molecular weight excluding hydrogens is 194 g/mol. The number of carbonyl (C=O) groups is 1. The average molecular weight is 203 g/mol. The molecule has 5 heteroatoms. The SMILES string of the molecule is NC(=O)c1ccccc1Oc1cc[nH]n1. The van der Waals surface area contributed by atoms with Gasteiger partial charge in [0.25, 0.3) is 5.91 Å². The quantitative estimate of drug-likeness (QED) is 0.788. The standard InChI is InChI=1S/C10H9N3O2/c11-10(14)7-3-1-2-4-8(7)15-9-5-6-12-13-9/h1-6H,(H2,11,14)(H,12,13). The van der Waals surface area contributed by atoms with E-state index in [0.717, 1.165) is 0 Å². The van der Waals surface area contributed by atoms with Crippen LogP contribution >= 0.6 is 0 Å². The van der Waals surface area contributed by atoms with Gasteiger partial charge in [-0.1, -0.05) is 12.1 Å². The van der Waals surface area contributed by atoms with E-state index in [4.69, 9.17) is 10.5 Å². The molecule has 0 atom stereocenters. The van der Waals surface area contributed by atoms with E-state index < -0.39 is 5.91 Å². The Morgan fingerprint density at radius 3 is 2.80 bits per heavy atom. The van der Waals surface area contributed by atoms with Gasteiger partial charge in [-0.25, -0.2) is 0 Å². The van der Waals surface area contributed by atoms with E-state index in [1.54, 1.807) is 36.5 Å². The number of nitrogens with one attached hydrogen (secondary N) is 1. The molecule has 2 rings (SSSR count). The van der Waals surface area contributed by atoms with Crippen molar-refractivity contribution in [3.8, 4) is 11.6 Å². The third kappa shape index (κ3) is 1.96. The van der Waals surface area contributed by atoms with Crippen molar-refractivity contribution in [3.63, 3.8) is 0 Å². The highest BCUT2D eigenvalue weighted by Crippen LogP contribution is 2.22. The van der Waals surface area contributed by atoms with Gasteiger partial charge in [-0.05, 0) is 12.1 Å². The topological polar surface area (TPSA) is 81.0 Å². The summed E-state index contributed by atoms with van der Waals surface area (Å²) in [6.07, 6.45) is 1.63. The number of nitrogens with zero attached hydrogens (tertiary/aromatic N) is 1. The van der Waals surface area contributed by atoms with Crippen LogP contribution in [0.2, 0.25) is 0 Å². The van der Waals surface area contributed by atoms with E-state index in [1.807, 2.05) is 0 Å². The predicted molar refractivity (Wildman–Crippen MR) is 53.6 cm³/mol. The van der Waals surface area contributed by atoms with Crippen LogP contribution in [0.5, 0.6) is 11.6 Å². The molecule has 15 heavy (non-hydrogen) atoms. The van der Waals surface area contributed by atoms with Crippen molar-refractivity contribution in [1.29, 1.82) is 0 Å². The molecule has 0 unspecified atom stereocenters. The Morgan fingerprint density at radius 1 is 1.33 bits per heavy atom. The molecule has 1 aromatic carbocycles. The molecule has 0 fully saturated rings. The number of ether oxygens (including phenoxy) is 1. The van der Waals surface area contributed by atoms with E-state index in [1.165, 1.54) is 0 Å². The lowest BCUT2D eigenvalue weighted by molar-refractivity contribution is 0.0998. The first-order chi connectivity index (χ1) is 7.27. The van der Waals surface area contributed by atoms with Crippen LogP contribution in [0.1, 0.15) is 10.4 Å². The Bertz CT molecular complexity index is 465. The van der Waals surface area contributed by atoms with Gasteiger partial charge in [0.05, 0.1) is 5.56 Å². The smallest absolute Gasteiger partial charge is 0.252 e. The summed E-state index contributed by atoms with van der Waals surface area (Å²) in [6.45, 7) is 0. The van der Waals surface area contributed by atoms with Gasteiger partial charge >= 0.3 is 0 Å². The molecule has 0 aliphatic rings. The molecule has 0 aliphatic carbocycles. The van der Waals surface area contributed by atoms with Crippen LogP contribution in [0.15, 0.2) is 36.5 Å². The summed E-state index contributed by atoms with van der Waals surface area (Å²) >= 11 is 0. The summed E-state index contributed by atoms with van der Waals surface area (Å²) in [7, 11) is 0. The molecular formula is C10H9N3O2. The minimum absolute atomic E-state index is 0.334. The van der Waals surface area contributed by atoms with Gasteiger partial charge in [0.2, 0.25) is 5.88 Å². The Kier molecular flexibility index (Phi) is 2.37. The first-order valence-corrected chi connectivity index (χ1v) is 4.34. The maximum Gasteiger partial charge on any atom is 0.252 e. The van der Waals surface area contributed by atoms with Gasteiger partial charge in [-0.3, -0.25) is 9.89 Å². The molecule has 0 saturated heterocycles. The second-order valence-electron chi connectivity index (χ2n) is 2.87. The number of nitrogens with two attached hydrogens (primary N) is 1. The fraction of sp³-hybridized carbons (Fsp3) is 0. The molecule has 1 amide bonds. The van der Waals surface area contributed by atoms with Crippen molar-refractivity contribution in [2.75, 3.05) is 0 Å². The zero-order valence-electron chi connectivity index (χ0n) is 7.81. The first-order valence-electron chi connectivity index (χ1n) is 4.34. The molecule has 0 saturated carbocycles. The molecule has 5 nitrogen and oxygen atoms in total. The van der Waals surface area contributed by atoms with Crippen LogP contribution in [0.3, 0.4) is 0 Å². The fourth-order valence-corrected chi connectivity index (χ4v) is 1.18. The molecule has 76 valence electrons. The normalized spacial score (nSPS) is 9.87. The summed E-state index contributed by atoms with van der Waals surface area (Å²) in [5, 5.41) is 6.42. The van der Waals surface area contributed by atoms with Crippen LogP contribution in [0.4, 0.5) is 0 Å². The second-order valence-corrected chi connectivity index (χ2v) is 2.87. The van der Waals surface area contributed by atoms with Gasteiger partial charge in [0.15, 0.2) is 0 Å². The Hall–Kier alpha value is -2.30. The summed E-state index contributed by atoms with van der Waals surface area (Å²) in [4.78, 5) is 11.1. The van der Waals surface area contributed by atoms with Gasteiger partial charge in [-0.15, -0.1) is 5.10 Å². The van der Waals surface area contributed by atoms with Crippen molar-refractivity contribution in [1.82, 2.24) is 10.2 Å². The van der Waals surface area contributed by atoms with Crippen LogP contribution < -0.4 is 10.5 Å². The Balaban J connectivity index is 2.32. The van der Waals surface area contributed by atoms with Crippen LogP contribution in [-0.2, 0) is 0 Å². The monoisotopic (exact) mass is 203 g/mol. The molecule has 0 radical (unpaired) electrons. The van der Waals surface area contributed by atoms with Crippen molar-refractivity contribution < 1.29 is 9.53 Å². The molecule has 1 heterocycles. The summed E-state index contributed by atoms with van der Waals surface area (Å²) < 4.78 is 5.37. The second kappa shape index (κ2) is 3.83. The zero-order valence-corrected chi connectivity index (χ0v) is 7.81. The van der Waals surface area contributed by atoms with Crippen molar-refractivity contribution in [2.45, 2.75) is 0 Å². The minimum atomic E-state index is -0.527. The predicted octanol–water partition coefficient (Wildman–Crippen LogP) is 1.30. The molecule has 0 bridgehead atoms. The number of aromatic amines is 1. The summed E-state index contributed by atoms with van der Waals surface area (Å²) in [5.74, 6) is 0.266. The zero-order chi connectivity index (χ0) is 10.7. The molecule has 0 spiro atoms. The number of rotatable bonds is 3. The highest BCUT2D eigenvalue weighted by molar-refractivity contribution is 5.95. The Labute approximate surface area is 85.9 Å². The van der Waals surface area contributed by atoms with E-state index in [0.29, 0.717) is 17.2 Å². The number of aromatic nitrogens is 2. The van der Waals surface area contributed by atoms with E-state index >= 15 is 0 Å². The lowest BCUT2D eigenvalue weighted by atomic mass is 10.2. The Morgan fingerprint density at radius 2 is 2.13 bits per heavy atom. The molecule has 2 aromatic rings. The number of hydrogen-bond donors (Lipinski definition) is 2. The van der Waals surface area contributed by atoms with E-state index in [-0.39, 0.29) is 0 Å². The van der Waals surface area contributed by atoms with Gasteiger partial charge < -0.3 is 10.5 Å². The van der Waals surface area contributed by atoms with E-state index in [9.17, 15) is 4.79 Å².